The average Bonchev–Trinajstić information content (AvgIpc) is 2.46. The molecule has 2 aromatic rings. The summed E-state index contributed by atoms with van der Waals surface area (Å²) in [6, 6.07) is 15.5. The van der Waals surface area contributed by atoms with E-state index in [-0.39, 0.29) is 18.8 Å². The van der Waals surface area contributed by atoms with Crippen molar-refractivity contribution in [2.45, 2.75) is 19.1 Å². The summed E-state index contributed by atoms with van der Waals surface area (Å²) in [6.07, 6.45) is -1.12. The maximum atomic E-state index is 11.6. The summed E-state index contributed by atoms with van der Waals surface area (Å²) in [4.78, 5) is 11.6. The molecule has 0 aromatic heterocycles. The molecule has 0 saturated heterocycles. The van der Waals surface area contributed by atoms with E-state index < -0.39 is 12.1 Å². The Morgan fingerprint density at radius 1 is 1.10 bits per heavy atom. The first-order chi connectivity index (χ1) is 9.65. The van der Waals surface area contributed by atoms with Crippen LogP contribution in [0.5, 0.6) is 5.75 Å². The Labute approximate surface area is 117 Å². The molecule has 0 aliphatic rings. The number of ether oxygens (including phenoxy) is 1. The number of phenolic OH excluding ortho intramolecular Hbond substituents is 1. The summed E-state index contributed by atoms with van der Waals surface area (Å²) < 4.78 is 5.09. The highest BCUT2D eigenvalue weighted by Gasteiger charge is 2.14. The molecule has 2 rings (SSSR count). The van der Waals surface area contributed by atoms with Crippen molar-refractivity contribution >= 4 is 5.97 Å². The Bertz CT molecular complexity index is 566. The smallest absolute Gasteiger partial charge is 0.309 e. The van der Waals surface area contributed by atoms with E-state index in [1.807, 2.05) is 30.3 Å². The van der Waals surface area contributed by atoms with Crippen molar-refractivity contribution in [3.05, 3.63) is 65.7 Å². The standard InChI is InChI=1S/C16H16O4/c17-14-8-4-7-13(9-14)15(18)10-16(19)20-11-12-5-2-1-3-6-12/h1-9,15,17-18H,10-11H2/t15-/m1/s1. The molecule has 0 aliphatic carbocycles. The van der Waals surface area contributed by atoms with Crippen LogP contribution in [0.2, 0.25) is 0 Å². The number of carbonyl (C=O) groups is 1. The number of rotatable bonds is 5. The molecule has 0 aliphatic heterocycles. The van der Waals surface area contributed by atoms with Crippen molar-refractivity contribution in [3.63, 3.8) is 0 Å². The maximum Gasteiger partial charge on any atom is 0.309 e. The summed E-state index contributed by atoms with van der Waals surface area (Å²) in [5, 5.41) is 19.2. The number of aromatic hydroxyl groups is 1. The van der Waals surface area contributed by atoms with Crippen LogP contribution in [0.1, 0.15) is 23.7 Å². The van der Waals surface area contributed by atoms with Crippen LogP contribution in [0, 0.1) is 0 Å². The lowest BCUT2D eigenvalue weighted by Gasteiger charge is -2.11. The zero-order valence-corrected chi connectivity index (χ0v) is 10.9. The van der Waals surface area contributed by atoms with Crippen LogP contribution in [0.25, 0.3) is 0 Å². The zero-order valence-electron chi connectivity index (χ0n) is 10.9. The average molecular weight is 272 g/mol. The van der Waals surface area contributed by atoms with E-state index >= 15 is 0 Å². The van der Waals surface area contributed by atoms with E-state index in [0.29, 0.717) is 5.56 Å². The molecule has 0 spiro atoms. The third-order valence-electron chi connectivity index (χ3n) is 2.86. The first kappa shape index (κ1) is 14.1. The van der Waals surface area contributed by atoms with E-state index in [9.17, 15) is 15.0 Å². The fraction of sp³-hybridized carbons (Fsp3) is 0.188. The third-order valence-corrected chi connectivity index (χ3v) is 2.86. The third kappa shape index (κ3) is 4.10. The van der Waals surface area contributed by atoms with Gasteiger partial charge < -0.3 is 14.9 Å². The number of hydrogen-bond donors (Lipinski definition) is 2. The first-order valence-corrected chi connectivity index (χ1v) is 6.31. The largest absolute Gasteiger partial charge is 0.508 e. The minimum Gasteiger partial charge on any atom is -0.508 e. The number of carbonyl (C=O) groups excluding carboxylic acids is 1. The SMILES string of the molecule is O=C(C[C@@H](O)c1cccc(O)c1)OCc1ccccc1. The molecular formula is C16H16O4. The molecule has 0 radical (unpaired) electrons. The summed E-state index contributed by atoms with van der Waals surface area (Å²) in [7, 11) is 0. The molecule has 4 heteroatoms. The molecule has 4 nitrogen and oxygen atoms in total. The van der Waals surface area contributed by atoms with Gasteiger partial charge >= 0.3 is 5.97 Å². The quantitative estimate of drug-likeness (QED) is 0.821. The fourth-order valence-corrected chi connectivity index (χ4v) is 1.80. The lowest BCUT2D eigenvalue weighted by atomic mass is 10.1. The highest BCUT2D eigenvalue weighted by atomic mass is 16.5. The summed E-state index contributed by atoms with van der Waals surface area (Å²) >= 11 is 0. The molecule has 0 fully saturated rings. The second-order valence-electron chi connectivity index (χ2n) is 4.46. The van der Waals surface area contributed by atoms with Gasteiger partial charge in [0.1, 0.15) is 12.4 Å². The van der Waals surface area contributed by atoms with Crippen LogP contribution in [-0.2, 0) is 16.1 Å². The Balaban J connectivity index is 1.85. The van der Waals surface area contributed by atoms with Gasteiger partial charge in [-0.2, -0.15) is 0 Å². The van der Waals surface area contributed by atoms with Crippen molar-refractivity contribution in [3.8, 4) is 5.75 Å². The zero-order chi connectivity index (χ0) is 14.4. The molecule has 2 aromatic carbocycles. The number of benzene rings is 2. The van der Waals surface area contributed by atoms with Crippen molar-refractivity contribution in [2.24, 2.45) is 0 Å². The topological polar surface area (TPSA) is 66.8 Å². The Kier molecular flexibility index (Phi) is 4.74. The van der Waals surface area contributed by atoms with Crippen molar-refractivity contribution in [2.75, 3.05) is 0 Å². The van der Waals surface area contributed by atoms with Crippen LogP contribution < -0.4 is 0 Å². The Hall–Kier alpha value is -2.33. The molecular weight excluding hydrogens is 256 g/mol. The van der Waals surface area contributed by atoms with E-state index in [1.54, 1.807) is 12.1 Å². The Morgan fingerprint density at radius 2 is 1.85 bits per heavy atom. The van der Waals surface area contributed by atoms with Crippen molar-refractivity contribution < 1.29 is 19.7 Å². The highest BCUT2D eigenvalue weighted by Crippen LogP contribution is 2.21. The molecule has 20 heavy (non-hydrogen) atoms. The molecule has 0 unspecified atom stereocenters. The minimum absolute atomic E-state index is 0.0548. The van der Waals surface area contributed by atoms with Crippen LogP contribution in [-0.4, -0.2) is 16.2 Å². The van der Waals surface area contributed by atoms with E-state index in [1.165, 1.54) is 12.1 Å². The van der Waals surface area contributed by atoms with Gasteiger partial charge in [0.15, 0.2) is 0 Å². The second-order valence-corrected chi connectivity index (χ2v) is 4.46. The van der Waals surface area contributed by atoms with Gasteiger partial charge in [0.05, 0.1) is 12.5 Å². The molecule has 0 bridgehead atoms. The number of hydrogen-bond acceptors (Lipinski definition) is 4. The van der Waals surface area contributed by atoms with E-state index in [2.05, 4.69) is 0 Å². The molecule has 2 N–H and O–H groups in total. The van der Waals surface area contributed by atoms with Gasteiger partial charge in [0.2, 0.25) is 0 Å². The van der Waals surface area contributed by atoms with Crippen LogP contribution in [0.15, 0.2) is 54.6 Å². The highest BCUT2D eigenvalue weighted by molar-refractivity contribution is 5.70. The monoisotopic (exact) mass is 272 g/mol. The molecule has 104 valence electrons. The van der Waals surface area contributed by atoms with Crippen molar-refractivity contribution in [1.82, 2.24) is 0 Å². The summed E-state index contributed by atoms with van der Waals surface area (Å²) in [6.45, 7) is 0.187. The van der Waals surface area contributed by atoms with Crippen LogP contribution >= 0.6 is 0 Å². The van der Waals surface area contributed by atoms with Gasteiger partial charge in [0, 0.05) is 0 Å². The van der Waals surface area contributed by atoms with Gasteiger partial charge in [-0.05, 0) is 23.3 Å². The number of phenols is 1. The molecule has 0 amide bonds. The van der Waals surface area contributed by atoms with Crippen molar-refractivity contribution in [1.29, 1.82) is 0 Å². The fourth-order valence-electron chi connectivity index (χ4n) is 1.80. The summed E-state index contributed by atoms with van der Waals surface area (Å²) in [5.74, 6) is -0.427. The lowest BCUT2D eigenvalue weighted by molar-refractivity contribution is -0.147. The van der Waals surface area contributed by atoms with Gasteiger partial charge in [-0.3, -0.25) is 4.79 Å². The second kappa shape index (κ2) is 6.73. The predicted molar refractivity (Wildman–Crippen MR) is 73.9 cm³/mol. The molecule has 1 atom stereocenters. The maximum absolute atomic E-state index is 11.6. The number of esters is 1. The van der Waals surface area contributed by atoms with Gasteiger partial charge in [0.25, 0.3) is 0 Å². The molecule has 0 heterocycles. The van der Waals surface area contributed by atoms with Gasteiger partial charge in [-0.15, -0.1) is 0 Å². The summed E-state index contributed by atoms with van der Waals surface area (Å²) in [5.41, 5.74) is 1.38. The normalized spacial score (nSPS) is 11.8. The first-order valence-electron chi connectivity index (χ1n) is 6.31. The van der Waals surface area contributed by atoms with Crippen LogP contribution in [0.4, 0.5) is 0 Å². The van der Waals surface area contributed by atoms with E-state index in [4.69, 9.17) is 4.74 Å². The lowest BCUT2D eigenvalue weighted by Crippen LogP contribution is -2.10. The van der Waals surface area contributed by atoms with Gasteiger partial charge in [-0.1, -0.05) is 42.5 Å². The molecule has 0 saturated carbocycles. The minimum atomic E-state index is -0.981. The van der Waals surface area contributed by atoms with Gasteiger partial charge in [-0.25, -0.2) is 0 Å². The number of aliphatic hydroxyl groups excluding tert-OH is 1. The number of aliphatic hydroxyl groups is 1. The predicted octanol–water partition coefficient (Wildman–Crippen LogP) is 2.56. The Morgan fingerprint density at radius 3 is 2.55 bits per heavy atom. The van der Waals surface area contributed by atoms with Crippen LogP contribution in [0.3, 0.4) is 0 Å². The van der Waals surface area contributed by atoms with E-state index in [0.717, 1.165) is 5.56 Å².